The van der Waals surface area contributed by atoms with Crippen molar-refractivity contribution < 1.29 is 32.0 Å². The average Bonchev–Trinajstić information content (AvgIpc) is 3.46. The number of fused-ring (bicyclic) bond motifs is 1. The second kappa shape index (κ2) is 10.5. The van der Waals surface area contributed by atoms with Crippen molar-refractivity contribution in [2.45, 2.75) is 37.3 Å². The molecule has 2 N–H and O–H groups in total. The molecule has 1 aliphatic carbocycles. The first-order chi connectivity index (χ1) is 17.5. The Balaban J connectivity index is 1.67. The Morgan fingerprint density at radius 1 is 1.19 bits per heavy atom. The van der Waals surface area contributed by atoms with E-state index in [9.17, 15) is 27.2 Å². The van der Waals surface area contributed by atoms with E-state index in [0.29, 0.717) is 34.6 Å². The number of carbonyl (C=O) groups is 2. The smallest absolute Gasteiger partial charge is 0.394 e. The normalized spacial score (nSPS) is 18.9. The SMILES string of the molecule is C#CCNC(=O)CNC(=O)c1sc(C2=NOCC(c3cc(Cl)c(F)c(Cl)c3)(C(F)(F)F)C2)c2c1CCC2. The highest BCUT2D eigenvalue weighted by molar-refractivity contribution is 7.16. The number of benzene rings is 1. The van der Waals surface area contributed by atoms with Crippen LogP contribution < -0.4 is 10.6 Å². The van der Waals surface area contributed by atoms with Crippen LogP contribution in [0.4, 0.5) is 17.6 Å². The molecule has 196 valence electrons. The van der Waals surface area contributed by atoms with E-state index in [1.165, 1.54) is 0 Å². The van der Waals surface area contributed by atoms with E-state index >= 15 is 0 Å². The number of nitrogens with one attached hydrogen (secondary N) is 2. The number of amides is 2. The summed E-state index contributed by atoms with van der Waals surface area (Å²) in [5.74, 6) is 0.228. The van der Waals surface area contributed by atoms with Crippen LogP contribution in [0, 0.1) is 18.2 Å². The number of carbonyl (C=O) groups excluding carboxylic acids is 2. The fourth-order valence-electron chi connectivity index (χ4n) is 4.41. The van der Waals surface area contributed by atoms with E-state index in [2.05, 4.69) is 21.7 Å². The quantitative estimate of drug-likeness (QED) is 0.295. The summed E-state index contributed by atoms with van der Waals surface area (Å²) in [7, 11) is 0. The van der Waals surface area contributed by atoms with Gasteiger partial charge in [-0.15, -0.1) is 17.8 Å². The summed E-state index contributed by atoms with van der Waals surface area (Å²) in [6.07, 6.45) is 1.44. The van der Waals surface area contributed by atoms with E-state index in [0.717, 1.165) is 29.0 Å². The van der Waals surface area contributed by atoms with Gasteiger partial charge in [-0.3, -0.25) is 9.59 Å². The van der Waals surface area contributed by atoms with Crippen LogP contribution in [0.25, 0.3) is 0 Å². The molecule has 0 spiro atoms. The standard InChI is InChI=1S/C24H19Cl2F4N3O3S/c1-2-6-31-18(34)10-32-22(35)21-14-5-3-4-13(14)20(37-21)17-9-23(11-36-33-17,24(28,29)30)12-7-15(25)19(27)16(26)8-12/h1,7-8H,3-6,9-11H2,(H,31,34)(H,32,35). The molecule has 2 amide bonds. The zero-order valence-electron chi connectivity index (χ0n) is 19.0. The minimum absolute atomic E-state index is 0.00843. The Morgan fingerprint density at radius 3 is 2.51 bits per heavy atom. The molecular weight excluding hydrogens is 557 g/mol. The van der Waals surface area contributed by atoms with Crippen LogP contribution in [0.2, 0.25) is 10.0 Å². The molecule has 6 nitrogen and oxygen atoms in total. The van der Waals surface area contributed by atoms with Gasteiger partial charge in [0.1, 0.15) is 12.0 Å². The number of oxime groups is 1. The molecule has 0 saturated carbocycles. The number of hydrogen-bond donors (Lipinski definition) is 2. The van der Waals surface area contributed by atoms with Crippen LogP contribution in [0.1, 0.15) is 44.1 Å². The first-order valence-electron chi connectivity index (χ1n) is 11.0. The maximum absolute atomic E-state index is 14.6. The van der Waals surface area contributed by atoms with Gasteiger partial charge in [0.2, 0.25) is 5.91 Å². The first kappa shape index (κ1) is 27.2. The number of terminal acetylenes is 1. The number of nitrogens with zero attached hydrogens (tertiary/aromatic N) is 1. The summed E-state index contributed by atoms with van der Waals surface area (Å²) in [5.41, 5.74) is -1.51. The predicted molar refractivity (Wildman–Crippen MR) is 132 cm³/mol. The molecule has 1 aliphatic heterocycles. The number of thiophene rings is 1. The molecule has 4 rings (SSSR count). The highest BCUT2D eigenvalue weighted by Gasteiger charge is 2.59. The molecule has 0 fully saturated rings. The van der Waals surface area contributed by atoms with Gasteiger partial charge in [0, 0.05) is 6.42 Å². The summed E-state index contributed by atoms with van der Waals surface area (Å²) in [4.78, 5) is 30.5. The van der Waals surface area contributed by atoms with Crippen molar-refractivity contribution in [3.05, 3.63) is 54.4 Å². The van der Waals surface area contributed by atoms with Crippen molar-refractivity contribution in [1.29, 1.82) is 0 Å². The summed E-state index contributed by atoms with van der Waals surface area (Å²) in [6.45, 7) is -1.15. The molecule has 1 unspecified atom stereocenters. The zero-order chi connectivity index (χ0) is 27.0. The van der Waals surface area contributed by atoms with Crippen LogP contribution in [0.15, 0.2) is 17.3 Å². The van der Waals surface area contributed by atoms with Crippen molar-refractivity contribution in [1.82, 2.24) is 10.6 Å². The average molecular weight is 576 g/mol. The van der Waals surface area contributed by atoms with Crippen molar-refractivity contribution in [2.75, 3.05) is 19.7 Å². The number of halogens is 6. The fraction of sp³-hybridized carbons (Fsp3) is 0.375. The van der Waals surface area contributed by atoms with Crippen LogP contribution >= 0.6 is 34.5 Å². The third kappa shape index (κ3) is 5.15. The Kier molecular flexibility index (Phi) is 7.74. The lowest BCUT2D eigenvalue weighted by molar-refractivity contribution is -0.207. The highest BCUT2D eigenvalue weighted by atomic mass is 35.5. The Morgan fingerprint density at radius 2 is 1.86 bits per heavy atom. The third-order valence-corrected chi connectivity index (χ3v) is 8.14. The van der Waals surface area contributed by atoms with Gasteiger partial charge in [-0.2, -0.15) is 13.2 Å². The van der Waals surface area contributed by atoms with Gasteiger partial charge < -0.3 is 15.5 Å². The van der Waals surface area contributed by atoms with Crippen LogP contribution in [0.5, 0.6) is 0 Å². The fourth-order valence-corrected chi connectivity index (χ4v) is 6.19. The van der Waals surface area contributed by atoms with Gasteiger partial charge in [-0.1, -0.05) is 34.3 Å². The Hall–Kier alpha value is -2.81. The van der Waals surface area contributed by atoms with Gasteiger partial charge >= 0.3 is 6.18 Å². The molecule has 37 heavy (non-hydrogen) atoms. The molecule has 2 aromatic rings. The zero-order valence-corrected chi connectivity index (χ0v) is 21.4. The maximum atomic E-state index is 14.6. The van der Waals surface area contributed by atoms with Gasteiger partial charge in [0.05, 0.1) is 38.6 Å². The Bertz CT molecular complexity index is 1310. The van der Waals surface area contributed by atoms with E-state index in [-0.39, 0.29) is 24.4 Å². The second-order valence-corrected chi connectivity index (χ2v) is 10.4. The topological polar surface area (TPSA) is 79.8 Å². The predicted octanol–water partition coefficient (Wildman–Crippen LogP) is 4.79. The van der Waals surface area contributed by atoms with Crippen molar-refractivity contribution >= 4 is 52.1 Å². The van der Waals surface area contributed by atoms with E-state index in [4.69, 9.17) is 34.5 Å². The lowest BCUT2D eigenvalue weighted by Crippen LogP contribution is -2.49. The van der Waals surface area contributed by atoms with Gasteiger partial charge in [-0.05, 0) is 48.1 Å². The molecule has 0 saturated heterocycles. The first-order valence-corrected chi connectivity index (χ1v) is 12.6. The third-order valence-electron chi connectivity index (χ3n) is 6.27. The summed E-state index contributed by atoms with van der Waals surface area (Å²) in [5, 5.41) is 7.78. The van der Waals surface area contributed by atoms with Gasteiger partial charge in [0.25, 0.3) is 5.91 Å². The maximum Gasteiger partial charge on any atom is 0.402 e. The van der Waals surface area contributed by atoms with E-state index in [1.807, 2.05) is 0 Å². The molecule has 1 atom stereocenters. The van der Waals surface area contributed by atoms with Crippen LogP contribution in [0.3, 0.4) is 0 Å². The summed E-state index contributed by atoms with van der Waals surface area (Å²) >= 11 is 12.6. The molecule has 0 bridgehead atoms. The van der Waals surface area contributed by atoms with Gasteiger partial charge in [0.15, 0.2) is 5.82 Å². The monoisotopic (exact) mass is 575 g/mol. The lowest BCUT2D eigenvalue weighted by atomic mass is 9.75. The van der Waals surface area contributed by atoms with Crippen molar-refractivity contribution in [3.8, 4) is 12.3 Å². The van der Waals surface area contributed by atoms with E-state index in [1.54, 1.807) is 0 Å². The largest absolute Gasteiger partial charge is 0.402 e. The molecule has 1 aromatic carbocycles. The lowest BCUT2D eigenvalue weighted by Gasteiger charge is -2.37. The minimum atomic E-state index is -4.83. The van der Waals surface area contributed by atoms with Crippen LogP contribution in [-0.2, 0) is 27.9 Å². The summed E-state index contributed by atoms with van der Waals surface area (Å²) in [6, 6.07) is 1.79. The summed E-state index contributed by atoms with van der Waals surface area (Å²) < 4.78 is 57.7. The second-order valence-electron chi connectivity index (χ2n) is 8.56. The molecule has 1 aromatic heterocycles. The molecular formula is C24H19Cl2F4N3O3S. The molecule has 2 aliphatic rings. The number of hydrogen-bond acceptors (Lipinski definition) is 5. The van der Waals surface area contributed by atoms with Gasteiger partial charge in [-0.25, -0.2) is 4.39 Å². The molecule has 13 heteroatoms. The highest BCUT2D eigenvalue weighted by Crippen LogP contribution is 2.49. The van der Waals surface area contributed by atoms with Crippen LogP contribution in [-0.4, -0.2) is 43.4 Å². The van der Waals surface area contributed by atoms with E-state index < -0.39 is 52.3 Å². The molecule has 2 heterocycles. The van der Waals surface area contributed by atoms with Crippen molar-refractivity contribution in [3.63, 3.8) is 0 Å². The number of rotatable bonds is 6. The minimum Gasteiger partial charge on any atom is -0.394 e. The molecule has 0 radical (unpaired) electrons. The number of alkyl halides is 3. The Labute approximate surface area is 223 Å². The van der Waals surface area contributed by atoms with Crippen molar-refractivity contribution in [2.24, 2.45) is 5.16 Å².